The minimum absolute atomic E-state index is 0.00886. The van der Waals surface area contributed by atoms with E-state index in [2.05, 4.69) is 4.98 Å². The molecule has 1 aromatic heterocycles. The standard InChI is InChI=1S/C16H25N3O3S/c1-23(21,22)19-10-8-14-15(11-19)17-12-18(16(14)20)9-4-7-13-5-2-3-6-13/h12-13H,2-11H2,1H3. The van der Waals surface area contributed by atoms with Crippen LogP contribution in [0.4, 0.5) is 0 Å². The van der Waals surface area contributed by atoms with Crippen molar-refractivity contribution in [2.45, 2.75) is 58.0 Å². The van der Waals surface area contributed by atoms with E-state index in [0.717, 1.165) is 12.3 Å². The molecule has 2 aliphatic rings. The average Bonchev–Trinajstić information content (AvgIpc) is 3.02. The van der Waals surface area contributed by atoms with Crippen molar-refractivity contribution >= 4 is 10.0 Å². The van der Waals surface area contributed by atoms with Crippen LogP contribution < -0.4 is 5.56 Å². The first-order valence-electron chi connectivity index (χ1n) is 8.47. The van der Waals surface area contributed by atoms with Gasteiger partial charge in [0.25, 0.3) is 5.56 Å². The van der Waals surface area contributed by atoms with Crippen LogP contribution in [0.1, 0.15) is 49.8 Å². The maximum atomic E-state index is 12.6. The average molecular weight is 339 g/mol. The van der Waals surface area contributed by atoms with Gasteiger partial charge in [0.05, 0.1) is 24.8 Å². The Bertz CT molecular complexity index is 721. The number of hydrogen-bond acceptors (Lipinski definition) is 4. The summed E-state index contributed by atoms with van der Waals surface area (Å²) < 4.78 is 26.3. The van der Waals surface area contributed by atoms with E-state index in [1.54, 1.807) is 10.9 Å². The molecule has 7 heteroatoms. The second-order valence-electron chi connectivity index (χ2n) is 6.81. The first-order valence-corrected chi connectivity index (χ1v) is 10.3. The van der Waals surface area contributed by atoms with Crippen LogP contribution in [0.2, 0.25) is 0 Å². The molecule has 0 amide bonds. The van der Waals surface area contributed by atoms with Gasteiger partial charge in [-0.2, -0.15) is 4.31 Å². The Morgan fingerprint density at radius 3 is 2.74 bits per heavy atom. The summed E-state index contributed by atoms with van der Waals surface area (Å²) in [4.78, 5) is 16.9. The number of sulfonamides is 1. The molecule has 1 aliphatic carbocycles. The molecule has 0 aromatic carbocycles. The quantitative estimate of drug-likeness (QED) is 0.815. The second kappa shape index (κ2) is 6.73. The summed E-state index contributed by atoms with van der Waals surface area (Å²) in [5, 5.41) is 0. The monoisotopic (exact) mass is 339 g/mol. The third kappa shape index (κ3) is 3.83. The van der Waals surface area contributed by atoms with Gasteiger partial charge in [-0.25, -0.2) is 13.4 Å². The van der Waals surface area contributed by atoms with Crippen LogP contribution in [0.15, 0.2) is 11.1 Å². The van der Waals surface area contributed by atoms with E-state index >= 15 is 0 Å². The van der Waals surface area contributed by atoms with E-state index in [0.29, 0.717) is 30.8 Å². The van der Waals surface area contributed by atoms with Crippen molar-refractivity contribution in [3.63, 3.8) is 0 Å². The molecule has 2 heterocycles. The largest absolute Gasteiger partial charge is 0.299 e. The molecule has 0 unspecified atom stereocenters. The van der Waals surface area contributed by atoms with E-state index < -0.39 is 10.0 Å². The highest BCUT2D eigenvalue weighted by molar-refractivity contribution is 7.88. The minimum Gasteiger partial charge on any atom is -0.299 e. The lowest BCUT2D eigenvalue weighted by molar-refractivity contribution is 0.382. The molecule has 1 saturated carbocycles. The van der Waals surface area contributed by atoms with Gasteiger partial charge in [-0.05, 0) is 25.2 Å². The van der Waals surface area contributed by atoms with Gasteiger partial charge >= 0.3 is 0 Å². The fraction of sp³-hybridized carbons (Fsp3) is 0.750. The fourth-order valence-electron chi connectivity index (χ4n) is 3.73. The Labute approximate surface area is 137 Å². The van der Waals surface area contributed by atoms with Crippen LogP contribution in [0.3, 0.4) is 0 Å². The highest BCUT2D eigenvalue weighted by Gasteiger charge is 2.26. The van der Waals surface area contributed by atoms with Gasteiger partial charge < -0.3 is 0 Å². The van der Waals surface area contributed by atoms with Crippen LogP contribution in [-0.2, 0) is 29.5 Å². The van der Waals surface area contributed by atoms with E-state index in [4.69, 9.17) is 0 Å². The molecular weight excluding hydrogens is 314 g/mol. The lowest BCUT2D eigenvalue weighted by Crippen LogP contribution is -2.39. The molecule has 23 heavy (non-hydrogen) atoms. The van der Waals surface area contributed by atoms with Crippen LogP contribution in [-0.4, -0.2) is 35.1 Å². The molecule has 0 atom stereocenters. The van der Waals surface area contributed by atoms with Gasteiger partial charge in [0.2, 0.25) is 10.0 Å². The lowest BCUT2D eigenvalue weighted by atomic mass is 10.0. The highest BCUT2D eigenvalue weighted by atomic mass is 32.2. The Morgan fingerprint density at radius 1 is 1.30 bits per heavy atom. The van der Waals surface area contributed by atoms with E-state index in [1.165, 1.54) is 42.7 Å². The fourth-order valence-corrected chi connectivity index (χ4v) is 4.51. The van der Waals surface area contributed by atoms with Crippen LogP contribution >= 0.6 is 0 Å². The van der Waals surface area contributed by atoms with Gasteiger partial charge in [-0.15, -0.1) is 0 Å². The Kier molecular flexibility index (Phi) is 4.87. The van der Waals surface area contributed by atoms with Gasteiger partial charge in [0.1, 0.15) is 0 Å². The van der Waals surface area contributed by atoms with Gasteiger partial charge in [0.15, 0.2) is 0 Å². The summed E-state index contributed by atoms with van der Waals surface area (Å²) >= 11 is 0. The molecule has 1 fully saturated rings. The molecule has 0 radical (unpaired) electrons. The van der Waals surface area contributed by atoms with Crippen molar-refractivity contribution in [3.8, 4) is 0 Å². The van der Waals surface area contributed by atoms with Crippen molar-refractivity contribution in [2.75, 3.05) is 12.8 Å². The Morgan fingerprint density at radius 2 is 2.04 bits per heavy atom. The maximum absolute atomic E-state index is 12.6. The van der Waals surface area contributed by atoms with Gasteiger partial charge in [0, 0.05) is 18.7 Å². The summed E-state index contributed by atoms with van der Waals surface area (Å²) in [5.41, 5.74) is 1.31. The number of fused-ring (bicyclic) bond motifs is 1. The molecule has 0 saturated heterocycles. The number of nitrogens with zero attached hydrogens (tertiary/aromatic N) is 3. The summed E-state index contributed by atoms with van der Waals surface area (Å²) in [6, 6.07) is 0. The SMILES string of the molecule is CS(=O)(=O)N1CCc2c(ncn(CCCC3CCCC3)c2=O)C1. The first-order chi connectivity index (χ1) is 10.9. The van der Waals surface area contributed by atoms with Crippen LogP contribution in [0.5, 0.6) is 0 Å². The number of hydrogen-bond donors (Lipinski definition) is 0. The molecule has 0 bridgehead atoms. The van der Waals surface area contributed by atoms with Crippen LogP contribution in [0, 0.1) is 5.92 Å². The third-order valence-corrected chi connectivity index (χ3v) is 6.36. The molecule has 0 N–H and O–H groups in total. The number of aryl methyl sites for hydroxylation is 1. The van der Waals surface area contributed by atoms with Gasteiger partial charge in [-0.3, -0.25) is 9.36 Å². The van der Waals surface area contributed by atoms with Crippen LogP contribution in [0.25, 0.3) is 0 Å². The van der Waals surface area contributed by atoms with Crippen molar-refractivity contribution < 1.29 is 8.42 Å². The van der Waals surface area contributed by atoms with E-state index in [1.807, 2.05) is 0 Å². The number of aromatic nitrogens is 2. The molecule has 128 valence electrons. The van der Waals surface area contributed by atoms with E-state index in [9.17, 15) is 13.2 Å². The lowest BCUT2D eigenvalue weighted by Gasteiger charge is -2.25. The van der Waals surface area contributed by atoms with Crippen molar-refractivity contribution in [1.29, 1.82) is 0 Å². The molecule has 3 rings (SSSR count). The topological polar surface area (TPSA) is 72.3 Å². The predicted octanol–water partition coefficient (Wildman–Crippen LogP) is 1.53. The summed E-state index contributed by atoms with van der Waals surface area (Å²) in [5.74, 6) is 0.833. The smallest absolute Gasteiger partial charge is 0.256 e. The summed E-state index contributed by atoms with van der Waals surface area (Å²) in [6.07, 6.45) is 10.8. The maximum Gasteiger partial charge on any atom is 0.256 e. The van der Waals surface area contributed by atoms with E-state index in [-0.39, 0.29) is 12.1 Å². The molecule has 1 aromatic rings. The third-order valence-electron chi connectivity index (χ3n) is 5.11. The number of rotatable bonds is 5. The second-order valence-corrected chi connectivity index (χ2v) is 8.79. The van der Waals surface area contributed by atoms with Crippen molar-refractivity contribution in [1.82, 2.24) is 13.9 Å². The summed E-state index contributed by atoms with van der Waals surface area (Å²) in [7, 11) is -3.23. The predicted molar refractivity (Wildman–Crippen MR) is 88.6 cm³/mol. The van der Waals surface area contributed by atoms with Gasteiger partial charge in [-0.1, -0.05) is 25.7 Å². The highest BCUT2D eigenvalue weighted by Crippen LogP contribution is 2.28. The zero-order chi connectivity index (χ0) is 16.4. The summed E-state index contributed by atoms with van der Waals surface area (Å²) in [6.45, 7) is 1.30. The van der Waals surface area contributed by atoms with Crippen molar-refractivity contribution in [2.24, 2.45) is 5.92 Å². The molecule has 6 nitrogen and oxygen atoms in total. The Balaban J connectivity index is 1.67. The minimum atomic E-state index is -3.23. The molecular formula is C16H25N3O3S. The molecule has 1 aliphatic heterocycles. The zero-order valence-corrected chi connectivity index (χ0v) is 14.5. The normalized spacial score (nSPS) is 19.9. The first kappa shape index (κ1) is 16.6. The molecule has 0 spiro atoms. The zero-order valence-electron chi connectivity index (χ0n) is 13.7. The van der Waals surface area contributed by atoms with Crippen molar-refractivity contribution in [3.05, 3.63) is 27.9 Å². The Hall–Kier alpha value is -1.21.